The maximum absolute atomic E-state index is 13.6. The summed E-state index contributed by atoms with van der Waals surface area (Å²) in [5.41, 5.74) is 0. The van der Waals surface area contributed by atoms with Gasteiger partial charge in [0.2, 0.25) is 5.95 Å². The average molecular weight is 238 g/mol. The van der Waals surface area contributed by atoms with Crippen LogP contribution in [0, 0.1) is 11.7 Å². The standard InChI is InChI=1S/C12H19FN4/c1-14-12-15-7-10(13)11(16-12)17(2)8-9-5-3-4-6-9/h7,9H,3-6,8H2,1-2H3,(H,14,15,16). The molecule has 0 saturated heterocycles. The predicted octanol–water partition coefficient (Wildman–Crippen LogP) is 2.28. The van der Waals surface area contributed by atoms with E-state index in [0.717, 1.165) is 6.54 Å². The van der Waals surface area contributed by atoms with E-state index in [0.29, 0.717) is 17.7 Å². The first-order valence-electron chi connectivity index (χ1n) is 6.12. The SMILES string of the molecule is CNc1ncc(F)c(N(C)CC2CCCC2)n1. The minimum absolute atomic E-state index is 0.357. The molecule has 0 atom stereocenters. The Hall–Kier alpha value is -1.39. The van der Waals surface area contributed by atoms with E-state index in [-0.39, 0.29) is 5.82 Å². The Labute approximate surface area is 101 Å². The fourth-order valence-corrected chi connectivity index (χ4v) is 2.41. The molecule has 4 nitrogen and oxygen atoms in total. The van der Waals surface area contributed by atoms with E-state index in [2.05, 4.69) is 15.3 Å². The van der Waals surface area contributed by atoms with Crippen LogP contribution < -0.4 is 10.2 Å². The molecule has 0 spiro atoms. The van der Waals surface area contributed by atoms with E-state index in [4.69, 9.17) is 0 Å². The van der Waals surface area contributed by atoms with Gasteiger partial charge in [0.25, 0.3) is 0 Å². The highest BCUT2D eigenvalue weighted by molar-refractivity contribution is 5.42. The summed E-state index contributed by atoms with van der Waals surface area (Å²) in [4.78, 5) is 9.91. The molecule has 0 unspecified atom stereocenters. The summed E-state index contributed by atoms with van der Waals surface area (Å²) in [7, 11) is 3.62. The molecule has 2 rings (SSSR count). The molecule has 0 radical (unpaired) electrons. The number of hydrogen-bond acceptors (Lipinski definition) is 4. The van der Waals surface area contributed by atoms with Gasteiger partial charge in [-0.2, -0.15) is 4.98 Å². The molecule has 1 saturated carbocycles. The van der Waals surface area contributed by atoms with Gasteiger partial charge in [0.15, 0.2) is 11.6 Å². The monoisotopic (exact) mass is 238 g/mol. The van der Waals surface area contributed by atoms with E-state index in [1.165, 1.54) is 31.9 Å². The highest BCUT2D eigenvalue weighted by atomic mass is 19.1. The Morgan fingerprint density at radius 3 is 2.82 bits per heavy atom. The van der Waals surface area contributed by atoms with Crippen LogP contribution in [0.2, 0.25) is 0 Å². The van der Waals surface area contributed by atoms with Crippen LogP contribution in [-0.2, 0) is 0 Å². The second kappa shape index (κ2) is 5.29. The quantitative estimate of drug-likeness (QED) is 0.873. The van der Waals surface area contributed by atoms with Crippen molar-refractivity contribution >= 4 is 11.8 Å². The van der Waals surface area contributed by atoms with Crippen molar-refractivity contribution in [3.8, 4) is 0 Å². The molecule has 1 N–H and O–H groups in total. The predicted molar refractivity (Wildman–Crippen MR) is 66.8 cm³/mol. The van der Waals surface area contributed by atoms with Crippen LogP contribution in [0.5, 0.6) is 0 Å². The first-order chi connectivity index (χ1) is 8.20. The van der Waals surface area contributed by atoms with E-state index in [1.807, 2.05) is 11.9 Å². The molecule has 1 aromatic heterocycles. The molecule has 1 heterocycles. The van der Waals surface area contributed by atoms with Crippen molar-refractivity contribution in [1.82, 2.24) is 9.97 Å². The smallest absolute Gasteiger partial charge is 0.224 e. The van der Waals surface area contributed by atoms with E-state index < -0.39 is 0 Å². The largest absolute Gasteiger partial charge is 0.357 e. The molecule has 0 aromatic carbocycles. The maximum Gasteiger partial charge on any atom is 0.224 e. The zero-order chi connectivity index (χ0) is 12.3. The number of nitrogens with zero attached hydrogens (tertiary/aromatic N) is 3. The van der Waals surface area contributed by atoms with Crippen molar-refractivity contribution in [3.05, 3.63) is 12.0 Å². The summed E-state index contributed by atoms with van der Waals surface area (Å²) in [6, 6.07) is 0. The average Bonchev–Trinajstić information content (AvgIpc) is 2.82. The molecule has 1 aliphatic carbocycles. The molecule has 0 aliphatic heterocycles. The van der Waals surface area contributed by atoms with Crippen molar-refractivity contribution in [2.45, 2.75) is 25.7 Å². The van der Waals surface area contributed by atoms with Crippen molar-refractivity contribution in [3.63, 3.8) is 0 Å². The van der Waals surface area contributed by atoms with Crippen LogP contribution in [0.25, 0.3) is 0 Å². The van der Waals surface area contributed by atoms with Crippen molar-refractivity contribution < 1.29 is 4.39 Å². The lowest BCUT2D eigenvalue weighted by atomic mass is 10.1. The first-order valence-corrected chi connectivity index (χ1v) is 6.12. The summed E-state index contributed by atoms with van der Waals surface area (Å²) in [5.74, 6) is 1.16. The van der Waals surface area contributed by atoms with Crippen LogP contribution in [-0.4, -0.2) is 30.6 Å². The summed E-state index contributed by atoms with van der Waals surface area (Å²) in [6.45, 7) is 0.872. The number of nitrogens with one attached hydrogen (secondary N) is 1. The fraction of sp³-hybridized carbons (Fsp3) is 0.667. The lowest BCUT2D eigenvalue weighted by Gasteiger charge is -2.22. The van der Waals surface area contributed by atoms with Gasteiger partial charge in [-0.25, -0.2) is 9.37 Å². The lowest BCUT2D eigenvalue weighted by molar-refractivity contribution is 0.534. The molecule has 1 aliphatic rings. The summed E-state index contributed by atoms with van der Waals surface area (Å²) >= 11 is 0. The Morgan fingerprint density at radius 2 is 2.18 bits per heavy atom. The molecule has 5 heteroatoms. The molecule has 0 bridgehead atoms. The van der Waals surface area contributed by atoms with Crippen LogP contribution >= 0.6 is 0 Å². The summed E-state index contributed by atoms with van der Waals surface area (Å²) < 4.78 is 13.6. The zero-order valence-electron chi connectivity index (χ0n) is 10.4. The second-order valence-electron chi connectivity index (χ2n) is 4.65. The van der Waals surface area contributed by atoms with Gasteiger partial charge in [-0.1, -0.05) is 12.8 Å². The highest BCUT2D eigenvalue weighted by Crippen LogP contribution is 2.27. The normalized spacial score (nSPS) is 16.2. The summed E-state index contributed by atoms with van der Waals surface area (Å²) in [5, 5.41) is 2.83. The van der Waals surface area contributed by atoms with Crippen molar-refractivity contribution in [2.24, 2.45) is 5.92 Å². The van der Waals surface area contributed by atoms with Crippen LogP contribution in [0.3, 0.4) is 0 Å². The van der Waals surface area contributed by atoms with Crippen molar-refractivity contribution in [1.29, 1.82) is 0 Å². The Morgan fingerprint density at radius 1 is 1.47 bits per heavy atom. The summed E-state index contributed by atoms with van der Waals surface area (Å²) in [6.07, 6.45) is 6.31. The maximum atomic E-state index is 13.6. The van der Waals surface area contributed by atoms with Gasteiger partial charge in [-0.05, 0) is 18.8 Å². The number of rotatable bonds is 4. The molecule has 0 amide bonds. The molecule has 94 valence electrons. The minimum Gasteiger partial charge on any atom is -0.357 e. The molecular formula is C12H19FN4. The third-order valence-corrected chi connectivity index (χ3v) is 3.32. The van der Waals surface area contributed by atoms with Gasteiger partial charge in [0, 0.05) is 20.6 Å². The second-order valence-corrected chi connectivity index (χ2v) is 4.65. The van der Waals surface area contributed by atoms with Gasteiger partial charge in [0.05, 0.1) is 6.20 Å². The topological polar surface area (TPSA) is 41.1 Å². The van der Waals surface area contributed by atoms with E-state index in [1.54, 1.807) is 7.05 Å². The number of hydrogen-bond donors (Lipinski definition) is 1. The molecule has 1 aromatic rings. The number of aromatic nitrogens is 2. The number of halogens is 1. The van der Waals surface area contributed by atoms with Crippen molar-refractivity contribution in [2.75, 3.05) is 30.9 Å². The van der Waals surface area contributed by atoms with Gasteiger partial charge >= 0.3 is 0 Å². The highest BCUT2D eigenvalue weighted by Gasteiger charge is 2.19. The van der Waals surface area contributed by atoms with Gasteiger partial charge in [-0.3, -0.25) is 0 Å². The Kier molecular flexibility index (Phi) is 3.76. The number of anilines is 2. The van der Waals surface area contributed by atoms with Crippen LogP contribution in [0.15, 0.2) is 6.20 Å². The minimum atomic E-state index is -0.357. The third-order valence-electron chi connectivity index (χ3n) is 3.32. The Balaban J connectivity index is 2.08. The van der Waals surface area contributed by atoms with Gasteiger partial charge in [-0.15, -0.1) is 0 Å². The lowest BCUT2D eigenvalue weighted by Crippen LogP contribution is -2.26. The third kappa shape index (κ3) is 2.84. The Bertz CT molecular complexity index is 377. The van der Waals surface area contributed by atoms with Crippen LogP contribution in [0.1, 0.15) is 25.7 Å². The van der Waals surface area contributed by atoms with E-state index >= 15 is 0 Å². The fourth-order valence-electron chi connectivity index (χ4n) is 2.41. The molecule has 17 heavy (non-hydrogen) atoms. The van der Waals surface area contributed by atoms with Gasteiger partial charge < -0.3 is 10.2 Å². The first kappa shape index (κ1) is 12.1. The molecular weight excluding hydrogens is 219 g/mol. The van der Waals surface area contributed by atoms with Gasteiger partial charge in [0.1, 0.15) is 0 Å². The van der Waals surface area contributed by atoms with Crippen LogP contribution in [0.4, 0.5) is 16.2 Å². The zero-order valence-corrected chi connectivity index (χ0v) is 10.4. The van der Waals surface area contributed by atoms with E-state index in [9.17, 15) is 4.39 Å². The molecule has 1 fully saturated rings.